The summed E-state index contributed by atoms with van der Waals surface area (Å²) >= 11 is 0. The van der Waals surface area contributed by atoms with Crippen LogP contribution in [-0.2, 0) is 4.79 Å². The molecule has 1 aromatic heterocycles. The van der Waals surface area contributed by atoms with Crippen LogP contribution in [0.3, 0.4) is 0 Å². The molecule has 1 fully saturated rings. The summed E-state index contributed by atoms with van der Waals surface area (Å²) in [7, 11) is 0. The second-order valence-electron chi connectivity index (χ2n) is 9.06. The van der Waals surface area contributed by atoms with E-state index >= 15 is 0 Å². The third-order valence-corrected chi connectivity index (χ3v) is 6.60. The van der Waals surface area contributed by atoms with Crippen LogP contribution < -0.4 is 10.6 Å². The van der Waals surface area contributed by atoms with Gasteiger partial charge in [-0.1, -0.05) is 56.0 Å². The Morgan fingerprint density at radius 3 is 2.18 bits per heavy atom. The number of aromatic amines is 1. The molecule has 0 aliphatic heterocycles. The number of benzene rings is 3. The van der Waals surface area contributed by atoms with E-state index in [9.17, 15) is 9.59 Å². The Morgan fingerprint density at radius 2 is 1.44 bits per heavy atom. The highest BCUT2D eigenvalue weighted by molar-refractivity contribution is 6.05. The van der Waals surface area contributed by atoms with E-state index in [-0.39, 0.29) is 17.7 Å². The van der Waals surface area contributed by atoms with Gasteiger partial charge in [-0.2, -0.15) is 0 Å². The highest BCUT2D eigenvalue weighted by Gasteiger charge is 2.20. The van der Waals surface area contributed by atoms with Crippen molar-refractivity contribution in [2.45, 2.75) is 38.5 Å². The predicted octanol–water partition coefficient (Wildman–Crippen LogP) is 7.00. The first-order valence-corrected chi connectivity index (χ1v) is 12.1. The van der Waals surface area contributed by atoms with E-state index in [0.717, 1.165) is 59.2 Å². The molecule has 1 saturated carbocycles. The fourth-order valence-electron chi connectivity index (χ4n) is 4.68. The first-order chi connectivity index (χ1) is 16.7. The molecule has 1 aliphatic carbocycles. The molecular weight excluding hydrogens is 422 g/mol. The molecule has 0 saturated heterocycles. The summed E-state index contributed by atoms with van der Waals surface area (Å²) in [4.78, 5) is 28.5. The van der Waals surface area contributed by atoms with Crippen LogP contribution in [0.5, 0.6) is 0 Å². The van der Waals surface area contributed by atoms with E-state index in [0.29, 0.717) is 5.56 Å². The lowest BCUT2D eigenvalue weighted by atomic mass is 9.99. The van der Waals surface area contributed by atoms with Gasteiger partial charge in [0.05, 0.1) is 0 Å². The van der Waals surface area contributed by atoms with Crippen molar-refractivity contribution in [1.82, 2.24) is 4.98 Å². The quantitative estimate of drug-likeness (QED) is 0.286. The van der Waals surface area contributed by atoms with Gasteiger partial charge in [-0.25, -0.2) is 0 Å². The monoisotopic (exact) mass is 451 g/mol. The third-order valence-electron chi connectivity index (χ3n) is 6.60. The molecule has 5 nitrogen and oxygen atoms in total. The second-order valence-corrected chi connectivity index (χ2v) is 9.06. The number of carbonyl (C=O) groups is 2. The van der Waals surface area contributed by atoms with Gasteiger partial charge in [0.15, 0.2) is 0 Å². The maximum Gasteiger partial charge on any atom is 0.255 e. The molecule has 2 amide bonds. The Morgan fingerprint density at radius 1 is 0.735 bits per heavy atom. The molecule has 3 N–H and O–H groups in total. The van der Waals surface area contributed by atoms with Crippen molar-refractivity contribution in [2.75, 3.05) is 10.6 Å². The van der Waals surface area contributed by atoms with E-state index < -0.39 is 0 Å². The van der Waals surface area contributed by atoms with Crippen molar-refractivity contribution in [1.29, 1.82) is 0 Å². The summed E-state index contributed by atoms with van der Waals surface area (Å²) in [6.07, 6.45) is 6.76. The van der Waals surface area contributed by atoms with E-state index in [1.807, 2.05) is 60.7 Å². The van der Waals surface area contributed by atoms with E-state index in [1.165, 1.54) is 12.8 Å². The van der Waals surface area contributed by atoms with Crippen LogP contribution in [0.4, 0.5) is 11.4 Å². The smallest absolute Gasteiger partial charge is 0.255 e. The van der Waals surface area contributed by atoms with Crippen molar-refractivity contribution in [2.24, 2.45) is 5.92 Å². The van der Waals surface area contributed by atoms with Crippen LogP contribution in [0, 0.1) is 5.92 Å². The minimum atomic E-state index is -0.128. The van der Waals surface area contributed by atoms with Gasteiger partial charge in [-0.15, -0.1) is 0 Å². The third kappa shape index (κ3) is 5.04. The normalized spacial score (nSPS) is 14.5. The zero-order chi connectivity index (χ0) is 23.3. The van der Waals surface area contributed by atoms with Gasteiger partial charge in [-0.05, 0) is 66.9 Å². The van der Waals surface area contributed by atoms with E-state index in [2.05, 4.69) is 21.7 Å². The second kappa shape index (κ2) is 9.96. The SMILES string of the molecule is O=C(Nc1ccc2[nH]c(-c3ccc(NC(=O)C4CCCCCC4)cc3)cc2c1)c1ccccc1. The maximum absolute atomic E-state index is 12.6. The van der Waals surface area contributed by atoms with Gasteiger partial charge in [0.2, 0.25) is 5.91 Å². The molecule has 0 spiro atoms. The Balaban J connectivity index is 1.27. The van der Waals surface area contributed by atoms with Crippen molar-refractivity contribution < 1.29 is 9.59 Å². The Labute approximate surface area is 199 Å². The van der Waals surface area contributed by atoms with Crippen LogP contribution in [0.1, 0.15) is 48.9 Å². The van der Waals surface area contributed by atoms with E-state index in [1.54, 1.807) is 12.1 Å². The fourth-order valence-corrected chi connectivity index (χ4v) is 4.68. The maximum atomic E-state index is 12.6. The van der Waals surface area contributed by atoms with Gasteiger partial charge in [0, 0.05) is 39.5 Å². The lowest BCUT2D eigenvalue weighted by Crippen LogP contribution is -2.22. The number of anilines is 2. The van der Waals surface area contributed by atoms with Crippen molar-refractivity contribution in [3.8, 4) is 11.3 Å². The molecule has 0 atom stereocenters. The average Bonchev–Trinajstić information content (AvgIpc) is 3.09. The number of aromatic nitrogens is 1. The van der Waals surface area contributed by atoms with Gasteiger partial charge in [0.25, 0.3) is 5.91 Å². The number of fused-ring (bicyclic) bond motifs is 1. The van der Waals surface area contributed by atoms with Crippen LogP contribution in [-0.4, -0.2) is 16.8 Å². The standard InChI is InChI=1S/C29H29N3O2/c33-28(21-8-4-1-2-5-9-21)30-24-14-12-20(13-15-24)27-19-23-18-25(16-17-26(23)32-27)31-29(34)22-10-6-3-7-11-22/h3,6-7,10-19,21,32H,1-2,4-5,8-9H2,(H,30,33)(H,31,34). The fraction of sp³-hybridized carbons (Fsp3) is 0.241. The van der Waals surface area contributed by atoms with Crippen molar-refractivity contribution >= 4 is 34.1 Å². The molecular formula is C29H29N3O2. The lowest BCUT2D eigenvalue weighted by molar-refractivity contribution is -0.120. The summed E-state index contributed by atoms with van der Waals surface area (Å²) in [5.41, 5.74) is 5.24. The van der Waals surface area contributed by atoms with Gasteiger partial charge >= 0.3 is 0 Å². The van der Waals surface area contributed by atoms with Gasteiger partial charge < -0.3 is 15.6 Å². The number of carbonyl (C=O) groups excluding carboxylic acids is 2. The Kier molecular flexibility index (Phi) is 6.43. The van der Waals surface area contributed by atoms with Gasteiger partial charge in [-0.3, -0.25) is 9.59 Å². The summed E-state index contributed by atoms with van der Waals surface area (Å²) in [5.74, 6) is 0.148. The number of H-pyrrole nitrogens is 1. The van der Waals surface area contributed by atoms with Crippen LogP contribution >= 0.6 is 0 Å². The van der Waals surface area contributed by atoms with Crippen molar-refractivity contribution in [3.05, 3.63) is 84.4 Å². The summed E-state index contributed by atoms with van der Waals surface area (Å²) in [5, 5.41) is 7.08. The summed E-state index contributed by atoms with van der Waals surface area (Å²) in [6.45, 7) is 0. The largest absolute Gasteiger partial charge is 0.355 e. The highest BCUT2D eigenvalue weighted by Crippen LogP contribution is 2.28. The van der Waals surface area contributed by atoms with Crippen LogP contribution in [0.15, 0.2) is 78.9 Å². The first kappa shape index (κ1) is 22.0. The summed E-state index contributed by atoms with van der Waals surface area (Å²) < 4.78 is 0. The molecule has 0 unspecified atom stereocenters. The molecule has 5 rings (SSSR count). The zero-order valence-corrected chi connectivity index (χ0v) is 19.1. The highest BCUT2D eigenvalue weighted by atomic mass is 16.2. The van der Waals surface area contributed by atoms with E-state index in [4.69, 9.17) is 0 Å². The molecule has 5 heteroatoms. The molecule has 1 aliphatic rings. The number of hydrogen-bond donors (Lipinski definition) is 3. The van der Waals surface area contributed by atoms with Crippen molar-refractivity contribution in [3.63, 3.8) is 0 Å². The first-order valence-electron chi connectivity index (χ1n) is 12.1. The topological polar surface area (TPSA) is 74.0 Å². The van der Waals surface area contributed by atoms with Crippen LogP contribution in [0.25, 0.3) is 22.2 Å². The molecule has 34 heavy (non-hydrogen) atoms. The minimum absolute atomic E-state index is 0.128. The predicted molar refractivity (Wildman–Crippen MR) is 138 cm³/mol. The van der Waals surface area contributed by atoms with Crippen LogP contribution in [0.2, 0.25) is 0 Å². The molecule has 1 heterocycles. The minimum Gasteiger partial charge on any atom is -0.355 e. The molecule has 4 aromatic rings. The lowest BCUT2D eigenvalue weighted by Gasteiger charge is -2.14. The molecule has 0 radical (unpaired) electrons. The number of amides is 2. The van der Waals surface area contributed by atoms with Gasteiger partial charge in [0.1, 0.15) is 0 Å². The molecule has 3 aromatic carbocycles. The molecule has 0 bridgehead atoms. The average molecular weight is 452 g/mol. The zero-order valence-electron chi connectivity index (χ0n) is 19.1. The Hall–Kier alpha value is -3.86. The number of hydrogen-bond acceptors (Lipinski definition) is 2. The number of nitrogens with one attached hydrogen (secondary N) is 3. The summed E-state index contributed by atoms with van der Waals surface area (Å²) in [6, 6.07) is 25.1. The Bertz CT molecular complexity index is 1280. The number of rotatable bonds is 5. The molecule has 172 valence electrons.